The number of benzene rings is 2. The number of methoxy groups -OCH3 is 1. The lowest BCUT2D eigenvalue weighted by atomic mass is 9.95. The van der Waals surface area contributed by atoms with E-state index in [1.165, 1.54) is 5.56 Å². The predicted molar refractivity (Wildman–Crippen MR) is 142 cm³/mol. The highest BCUT2D eigenvalue weighted by Crippen LogP contribution is 2.33. The van der Waals surface area contributed by atoms with Crippen molar-refractivity contribution in [1.29, 1.82) is 0 Å². The number of carbonyl (C=O) groups excluding carboxylic acids is 2. The third-order valence-corrected chi connectivity index (χ3v) is 6.82. The molecule has 1 aliphatic heterocycles. The van der Waals surface area contributed by atoms with Crippen LogP contribution in [0.1, 0.15) is 56.5 Å². The second-order valence-electron chi connectivity index (χ2n) is 9.79. The molecule has 190 valence electrons. The average Bonchev–Trinajstić information content (AvgIpc) is 3.35. The molecule has 7 nitrogen and oxygen atoms in total. The van der Waals surface area contributed by atoms with E-state index in [4.69, 9.17) is 4.74 Å². The molecular weight excluding hydrogens is 452 g/mol. The van der Waals surface area contributed by atoms with E-state index >= 15 is 0 Å². The highest BCUT2D eigenvalue weighted by atomic mass is 16.5. The van der Waals surface area contributed by atoms with Gasteiger partial charge in [0.05, 0.1) is 18.8 Å². The molecule has 0 aliphatic carbocycles. The Morgan fingerprint density at radius 3 is 2.39 bits per heavy atom. The Hall–Kier alpha value is -3.74. The minimum absolute atomic E-state index is 0.0140. The summed E-state index contributed by atoms with van der Waals surface area (Å²) >= 11 is 0. The summed E-state index contributed by atoms with van der Waals surface area (Å²) in [5.41, 5.74) is 3.99. The van der Waals surface area contributed by atoms with Crippen molar-refractivity contribution >= 4 is 17.6 Å². The van der Waals surface area contributed by atoms with Crippen LogP contribution in [-0.2, 0) is 11.3 Å². The Balaban J connectivity index is 1.58. The van der Waals surface area contributed by atoms with Crippen LogP contribution in [0.2, 0.25) is 0 Å². The van der Waals surface area contributed by atoms with E-state index in [2.05, 4.69) is 60.3 Å². The number of hydrogen-bond donors (Lipinski definition) is 1. The maximum atomic E-state index is 13.8. The maximum Gasteiger partial charge on any atom is 0.322 e. The number of anilines is 1. The molecular formula is C29H36N4O3. The predicted octanol–water partition coefficient (Wildman–Crippen LogP) is 5.49. The van der Waals surface area contributed by atoms with Gasteiger partial charge in [-0.15, -0.1) is 0 Å². The monoisotopic (exact) mass is 488 g/mol. The number of carbonyl (C=O) groups is 2. The first kappa shape index (κ1) is 25.4. The van der Waals surface area contributed by atoms with Gasteiger partial charge in [-0.1, -0.05) is 50.2 Å². The molecule has 0 fully saturated rings. The van der Waals surface area contributed by atoms with Gasteiger partial charge in [-0.25, -0.2) is 4.79 Å². The molecule has 0 spiro atoms. The maximum absolute atomic E-state index is 13.8. The molecule has 3 amide bonds. The molecule has 0 radical (unpaired) electrons. The number of para-hydroxylation sites is 2. The quantitative estimate of drug-likeness (QED) is 0.478. The molecule has 1 N–H and O–H groups in total. The van der Waals surface area contributed by atoms with E-state index in [-0.39, 0.29) is 30.6 Å². The number of hydrogen-bond acceptors (Lipinski definition) is 3. The number of nitrogens with zero attached hydrogens (tertiary/aromatic N) is 3. The molecule has 0 bridgehead atoms. The second kappa shape index (κ2) is 10.9. The fraction of sp³-hybridized carbons (Fsp3) is 0.379. The summed E-state index contributed by atoms with van der Waals surface area (Å²) in [5, 5.41) is 2.91. The summed E-state index contributed by atoms with van der Waals surface area (Å²) in [6.07, 6.45) is 2.06. The molecule has 1 aliphatic rings. The van der Waals surface area contributed by atoms with E-state index < -0.39 is 0 Å². The molecule has 1 unspecified atom stereocenters. The lowest BCUT2D eigenvalue weighted by molar-refractivity contribution is -0.134. The minimum Gasteiger partial charge on any atom is -0.495 e. The number of urea groups is 1. The van der Waals surface area contributed by atoms with Gasteiger partial charge in [-0.05, 0) is 55.2 Å². The molecule has 7 heteroatoms. The summed E-state index contributed by atoms with van der Waals surface area (Å²) in [5.74, 6) is 0.931. The minimum atomic E-state index is -0.332. The average molecular weight is 489 g/mol. The summed E-state index contributed by atoms with van der Waals surface area (Å²) in [4.78, 5) is 30.5. The second-order valence-corrected chi connectivity index (χ2v) is 9.79. The van der Waals surface area contributed by atoms with Gasteiger partial charge in [-0.3, -0.25) is 4.79 Å². The van der Waals surface area contributed by atoms with Crippen molar-refractivity contribution in [2.45, 2.75) is 52.2 Å². The van der Waals surface area contributed by atoms with Crippen molar-refractivity contribution in [2.75, 3.05) is 25.5 Å². The SMILES string of the molecule is COc1ccccc1NC(=O)N(CC(=O)N1CCn2cccc2C1c1ccc(C(C)C)cc1)C(C)C. The Morgan fingerprint density at radius 1 is 1.00 bits per heavy atom. The number of rotatable bonds is 7. The molecule has 1 atom stereocenters. The zero-order chi connectivity index (χ0) is 25.8. The molecule has 0 saturated heterocycles. The van der Waals surface area contributed by atoms with Crippen LogP contribution in [0, 0.1) is 0 Å². The first-order valence-corrected chi connectivity index (χ1v) is 12.5. The van der Waals surface area contributed by atoms with Crippen LogP contribution >= 0.6 is 0 Å². The lowest BCUT2D eigenvalue weighted by Gasteiger charge is -2.39. The van der Waals surface area contributed by atoms with E-state index in [0.29, 0.717) is 23.9 Å². The fourth-order valence-corrected chi connectivity index (χ4v) is 4.73. The largest absolute Gasteiger partial charge is 0.495 e. The van der Waals surface area contributed by atoms with E-state index in [1.807, 2.05) is 36.9 Å². The molecule has 2 aromatic carbocycles. The van der Waals surface area contributed by atoms with Gasteiger partial charge in [0.2, 0.25) is 5.91 Å². The van der Waals surface area contributed by atoms with Gasteiger partial charge < -0.3 is 24.4 Å². The molecule has 36 heavy (non-hydrogen) atoms. The number of fused-ring (bicyclic) bond motifs is 1. The molecule has 2 heterocycles. The number of aromatic nitrogens is 1. The summed E-state index contributed by atoms with van der Waals surface area (Å²) in [7, 11) is 1.56. The van der Waals surface area contributed by atoms with E-state index in [9.17, 15) is 9.59 Å². The Labute approximate surface area is 213 Å². The normalized spacial score (nSPS) is 15.1. The Kier molecular flexibility index (Phi) is 7.67. The topological polar surface area (TPSA) is 66.8 Å². The van der Waals surface area contributed by atoms with Crippen molar-refractivity contribution in [2.24, 2.45) is 0 Å². The highest BCUT2D eigenvalue weighted by molar-refractivity contribution is 5.94. The number of amides is 3. The molecule has 4 rings (SSSR count). The van der Waals surface area contributed by atoms with Crippen LogP contribution in [0.3, 0.4) is 0 Å². The third kappa shape index (κ3) is 5.25. The van der Waals surface area contributed by atoms with Crippen LogP contribution in [0.5, 0.6) is 5.75 Å². The van der Waals surface area contributed by atoms with Gasteiger partial charge in [0.25, 0.3) is 0 Å². The van der Waals surface area contributed by atoms with Gasteiger partial charge >= 0.3 is 6.03 Å². The first-order chi connectivity index (χ1) is 17.3. The Bertz CT molecular complexity index is 1200. The van der Waals surface area contributed by atoms with Crippen molar-refractivity contribution in [1.82, 2.24) is 14.4 Å². The zero-order valence-corrected chi connectivity index (χ0v) is 21.8. The van der Waals surface area contributed by atoms with Gasteiger partial charge in [0.15, 0.2) is 0 Å². The smallest absolute Gasteiger partial charge is 0.322 e. The van der Waals surface area contributed by atoms with Crippen LogP contribution < -0.4 is 10.1 Å². The van der Waals surface area contributed by atoms with Crippen LogP contribution in [0.4, 0.5) is 10.5 Å². The van der Waals surface area contributed by atoms with Crippen molar-refractivity contribution in [3.05, 3.63) is 83.7 Å². The highest BCUT2D eigenvalue weighted by Gasteiger charge is 2.34. The zero-order valence-electron chi connectivity index (χ0n) is 21.8. The van der Waals surface area contributed by atoms with Crippen LogP contribution in [-0.4, -0.2) is 52.5 Å². The van der Waals surface area contributed by atoms with Crippen molar-refractivity contribution in [3.8, 4) is 5.75 Å². The van der Waals surface area contributed by atoms with Crippen molar-refractivity contribution in [3.63, 3.8) is 0 Å². The standard InChI is InChI=1S/C29H36N4O3/c1-20(2)22-12-14-23(15-13-22)28-25-10-8-16-31(25)17-18-32(28)27(34)19-33(21(3)4)29(35)30-24-9-6-7-11-26(24)36-5/h6-16,20-21,28H,17-19H2,1-5H3,(H,30,35). The summed E-state index contributed by atoms with van der Waals surface area (Å²) in [6, 6.07) is 19.2. The number of ether oxygens (including phenoxy) is 1. The molecule has 3 aromatic rings. The van der Waals surface area contributed by atoms with Crippen LogP contribution in [0.15, 0.2) is 66.9 Å². The molecule has 0 saturated carbocycles. The summed E-state index contributed by atoms with van der Waals surface area (Å²) < 4.78 is 7.57. The van der Waals surface area contributed by atoms with E-state index in [1.54, 1.807) is 24.1 Å². The van der Waals surface area contributed by atoms with Gasteiger partial charge in [-0.2, -0.15) is 0 Å². The number of nitrogens with one attached hydrogen (secondary N) is 1. The third-order valence-electron chi connectivity index (χ3n) is 6.82. The lowest BCUT2D eigenvalue weighted by Crippen LogP contribution is -2.50. The first-order valence-electron chi connectivity index (χ1n) is 12.5. The van der Waals surface area contributed by atoms with Crippen LogP contribution in [0.25, 0.3) is 0 Å². The Morgan fingerprint density at radius 2 is 1.72 bits per heavy atom. The fourth-order valence-electron chi connectivity index (χ4n) is 4.73. The van der Waals surface area contributed by atoms with Crippen molar-refractivity contribution < 1.29 is 14.3 Å². The molecule has 1 aromatic heterocycles. The van der Waals surface area contributed by atoms with Gasteiger partial charge in [0.1, 0.15) is 12.3 Å². The summed E-state index contributed by atoms with van der Waals surface area (Å²) in [6.45, 7) is 9.47. The van der Waals surface area contributed by atoms with Gasteiger partial charge in [0, 0.05) is 31.0 Å². The van der Waals surface area contributed by atoms with E-state index in [0.717, 1.165) is 17.8 Å².